The van der Waals surface area contributed by atoms with Crippen molar-refractivity contribution in [1.82, 2.24) is 4.98 Å². The molecule has 0 unspecified atom stereocenters. The Hall–Kier alpha value is -0.780. The number of thiophene rings is 1. The molecular formula is C9H8ClNO2S2. The second-order valence-corrected chi connectivity index (χ2v) is 6.80. The zero-order valence-electron chi connectivity index (χ0n) is 7.60. The lowest BCUT2D eigenvalue weighted by atomic mass is 10.5. The Balaban J connectivity index is 2.26. The molecule has 0 fully saturated rings. The van der Waals surface area contributed by atoms with Crippen LogP contribution in [0.15, 0.2) is 35.5 Å². The van der Waals surface area contributed by atoms with Crippen LogP contribution in [-0.4, -0.2) is 13.4 Å². The van der Waals surface area contributed by atoms with Gasteiger partial charge in [-0.1, -0.05) is 11.6 Å². The Kier molecular flexibility index (Phi) is 2.86. The summed E-state index contributed by atoms with van der Waals surface area (Å²) in [7, 11) is -3.24. The van der Waals surface area contributed by atoms with Crippen LogP contribution < -0.4 is 0 Å². The highest BCUT2D eigenvalue weighted by atomic mass is 35.5. The molecule has 0 aliphatic heterocycles. The quantitative estimate of drug-likeness (QED) is 0.924. The number of halogens is 1. The third-order valence-corrected chi connectivity index (χ3v) is 4.97. The van der Waals surface area contributed by atoms with Crippen LogP contribution in [0, 0.1) is 0 Å². The van der Waals surface area contributed by atoms with Crippen LogP contribution in [0.4, 0.5) is 0 Å². The first-order chi connectivity index (χ1) is 7.08. The van der Waals surface area contributed by atoms with Crippen LogP contribution in [0.2, 0.25) is 4.34 Å². The van der Waals surface area contributed by atoms with Gasteiger partial charge in [0.25, 0.3) is 0 Å². The number of sulfone groups is 1. The predicted octanol–water partition coefficient (Wildman–Crippen LogP) is 2.70. The predicted molar refractivity (Wildman–Crippen MR) is 61.0 cm³/mol. The Labute approximate surface area is 96.6 Å². The molecule has 0 aliphatic rings. The zero-order chi connectivity index (χ0) is 10.9. The second kappa shape index (κ2) is 4.00. The molecule has 2 aromatic rings. The molecule has 2 aromatic heterocycles. The van der Waals surface area contributed by atoms with Crippen molar-refractivity contribution in [2.75, 3.05) is 0 Å². The monoisotopic (exact) mass is 261 g/mol. The van der Waals surface area contributed by atoms with E-state index in [4.69, 9.17) is 11.6 Å². The van der Waals surface area contributed by atoms with Gasteiger partial charge in [0.2, 0.25) is 0 Å². The third kappa shape index (κ3) is 2.42. The number of aromatic nitrogens is 1. The number of nitrogens with one attached hydrogen (secondary N) is 1. The summed E-state index contributed by atoms with van der Waals surface area (Å²) in [4.78, 5) is 3.79. The molecule has 0 radical (unpaired) electrons. The summed E-state index contributed by atoms with van der Waals surface area (Å²) in [6.45, 7) is 0. The summed E-state index contributed by atoms with van der Waals surface area (Å²) in [6, 6.07) is 4.98. The summed E-state index contributed by atoms with van der Waals surface area (Å²) in [6.07, 6.45) is 3.07. The Bertz CT molecular complexity index is 542. The normalized spacial score (nSPS) is 11.8. The fraction of sp³-hybridized carbons (Fsp3) is 0.111. The minimum absolute atomic E-state index is 0.00222. The van der Waals surface area contributed by atoms with Crippen molar-refractivity contribution in [3.05, 3.63) is 39.8 Å². The molecule has 1 N–H and O–H groups in total. The molecule has 0 saturated carbocycles. The SMILES string of the molecule is O=S(=O)(Cc1ccc(Cl)s1)c1cc[nH]c1. The topological polar surface area (TPSA) is 49.9 Å². The van der Waals surface area contributed by atoms with E-state index in [2.05, 4.69) is 4.98 Å². The summed E-state index contributed by atoms with van der Waals surface area (Å²) in [5, 5.41) is 0. The molecule has 15 heavy (non-hydrogen) atoms. The minimum atomic E-state index is -3.24. The van der Waals surface area contributed by atoms with E-state index in [1.807, 2.05) is 0 Å². The van der Waals surface area contributed by atoms with Crippen molar-refractivity contribution in [2.45, 2.75) is 10.6 Å². The fourth-order valence-electron chi connectivity index (χ4n) is 1.20. The molecule has 0 bridgehead atoms. The van der Waals surface area contributed by atoms with Crippen LogP contribution in [-0.2, 0) is 15.6 Å². The van der Waals surface area contributed by atoms with Gasteiger partial charge in [-0.05, 0) is 18.2 Å². The maximum absolute atomic E-state index is 11.8. The van der Waals surface area contributed by atoms with E-state index < -0.39 is 9.84 Å². The Morgan fingerprint density at radius 2 is 2.13 bits per heavy atom. The van der Waals surface area contributed by atoms with Gasteiger partial charge in [0.05, 0.1) is 15.0 Å². The molecular weight excluding hydrogens is 254 g/mol. The molecule has 0 saturated heterocycles. The van der Waals surface area contributed by atoms with Gasteiger partial charge in [0.15, 0.2) is 9.84 Å². The van der Waals surface area contributed by atoms with Gasteiger partial charge in [0, 0.05) is 17.3 Å². The van der Waals surface area contributed by atoms with Crippen molar-refractivity contribution in [2.24, 2.45) is 0 Å². The van der Waals surface area contributed by atoms with Crippen molar-refractivity contribution in [3.63, 3.8) is 0 Å². The smallest absolute Gasteiger partial charge is 0.184 e. The van der Waals surface area contributed by atoms with Gasteiger partial charge in [-0.15, -0.1) is 11.3 Å². The second-order valence-electron chi connectivity index (χ2n) is 3.01. The number of aromatic amines is 1. The van der Waals surface area contributed by atoms with Crippen molar-refractivity contribution >= 4 is 32.8 Å². The molecule has 80 valence electrons. The lowest BCUT2D eigenvalue weighted by Crippen LogP contribution is -2.02. The lowest BCUT2D eigenvalue weighted by molar-refractivity contribution is 0.596. The Morgan fingerprint density at radius 1 is 1.33 bits per heavy atom. The van der Waals surface area contributed by atoms with E-state index in [0.717, 1.165) is 4.88 Å². The van der Waals surface area contributed by atoms with Crippen LogP contribution in [0.5, 0.6) is 0 Å². The summed E-state index contributed by atoms with van der Waals surface area (Å²) in [5.74, 6) is 0.00222. The summed E-state index contributed by atoms with van der Waals surface area (Å²) >= 11 is 7.02. The highest BCUT2D eigenvalue weighted by Gasteiger charge is 2.16. The van der Waals surface area contributed by atoms with E-state index in [1.165, 1.54) is 17.5 Å². The molecule has 2 rings (SSSR count). The lowest BCUT2D eigenvalue weighted by Gasteiger charge is -1.98. The van der Waals surface area contributed by atoms with E-state index >= 15 is 0 Å². The number of rotatable bonds is 3. The maximum Gasteiger partial charge on any atom is 0.184 e. The van der Waals surface area contributed by atoms with E-state index in [1.54, 1.807) is 24.4 Å². The summed E-state index contributed by atoms with van der Waals surface area (Å²) in [5.41, 5.74) is 0. The number of hydrogen-bond acceptors (Lipinski definition) is 3. The van der Waals surface area contributed by atoms with Crippen LogP contribution in [0.3, 0.4) is 0 Å². The first-order valence-corrected chi connectivity index (χ1v) is 7.02. The van der Waals surface area contributed by atoms with E-state index in [-0.39, 0.29) is 5.75 Å². The fourth-order valence-corrected chi connectivity index (χ4v) is 3.95. The van der Waals surface area contributed by atoms with Gasteiger partial charge in [-0.25, -0.2) is 8.42 Å². The van der Waals surface area contributed by atoms with Gasteiger partial charge in [-0.2, -0.15) is 0 Å². The van der Waals surface area contributed by atoms with Crippen molar-refractivity contribution in [1.29, 1.82) is 0 Å². The van der Waals surface area contributed by atoms with Crippen molar-refractivity contribution < 1.29 is 8.42 Å². The molecule has 0 spiro atoms. The highest BCUT2D eigenvalue weighted by Crippen LogP contribution is 2.25. The first kappa shape index (κ1) is 10.7. The van der Waals surface area contributed by atoms with Gasteiger partial charge in [-0.3, -0.25) is 0 Å². The average molecular weight is 262 g/mol. The van der Waals surface area contributed by atoms with Crippen LogP contribution in [0.1, 0.15) is 4.88 Å². The largest absolute Gasteiger partial charge is 0.366 e. The van der Waals surface area contributed by atoms with Gasteiger partial charge < -0.3 is 4.98 Å². The maximum atomic E-state index is 11.8. The molecule has 2 heterocycles. The molecule has 0 aliphatic carbocycles. The molecule has 0 aromatic carbocycles. The highest BCUT2D eigenvalue weighted by molar-refractivity contribution is 7.90. The van der Waals surface area contributed by atoms with Gasteiger partial charge in [0.1, 0.15) is 0 Å². The average Bonchev–Trinajstić information content (AvgIpc) is 2.75. The van der Waals surface area contributed by atoms with Crippen molar-refractivity contribution in [3.8, 4) is 0 Å². The van der Waals surface area contributed by atoms with Crippen LogP contribution >= 0.6 is 22.9 Å². The molecule has 3 nitrogen and oxygen atoms in total. The first-order valence-electron chi connectivity index (χ1n) is 4.18. The number of hydrogen-bond donors (Lipinski definition) is 1. The van der Waals surface area contributed by atoms with E-state index in [9.17, 15) is 8.42 Å². The number of H-pyrrole nitrogens is 1. The molecule has 0 atom stereocenters. The van der Waals surface area contributed by atoms with Crippen LogP contribution in [0.25, 0.3) is 0 Å². The third-order valence-electron chi connectivity index (χ3n) is 1.89. The molecule has 6 heteroatoms. The van der Waals surface area contributed by atoms with E-state index in [0.29, 0.717) is 9.23 Å². The zero-order valence-corrected chi connectivity index (χ0v) is 9.99. The Morgan fingerprint density at radius 3 is 2.67 bits per heavy atom. The van der Waals surface area contributed by atoms with Gasteiger partial charge >= 0.3 is 0 Å². The standard InChI is InChI=1S/C9H8ClNO2S2/c10-9-2-1-7(14-9)6-15(12,13)8-3-4-11-5-8/h1-5,11H,6H2. The summed E-state index contributed by atoms with van der Waals surface area (Å²) < 4.78 is 24.2. The minimum Gasteiger partial charge on any atom is -0.366 e. The molecule has 0 amide bonds.